The van der Waals surface area contributed by atoms with Crippen molar-refractivity contribution in [3.8, 4) is 0 Å². The van der Waals surface area contributed by atoms with E-state index in [9.17, 15) is 4.79 Å². The van der Waals surface area contributed by atoms with Gasteiger partial charge in [0.05, 0.1) is 5.25 Å². The van der Waals surface area contributed by atoms with Crippen molar-refractivity contribution >= 4 is 29.4 Å². The molecule has 1 unspecified atom stereocenters. The summed E-state index contributed by atoms with van der Waals surface area (Å²) in [6.07, 6.45) is 5.50. The van der Waals surface area contributed by atoms with Crippen LogP contribution in [0.3, 0.4) is 0 Å². The van der Waals surface area contributed by atoms with Gasteiger partial charge in [0.25, 0.3) is 0 Å². The van der Waals surface area contributed by atoms with Gasteiger partial charge in [-0.05, 0) is 25.3 Å². The second-order valence-electron chi connectivity index (χ2n) is 5.51. The summed E-state index contributed by atoms with van der Waals surface area (Å²) >= 11 is 3.73. The van der Waals surface area contributed by atoms with E-state index in [2.05, 4.69) is 17.4 Å². The van der Waals surface area contributed by atoms with Crippen LogP contribution in [0.2, 0.25) is 0 Å². The molecule has 1 N–H and O–H groups in total. The molecule has 1 fully saturated rings. The van der Waals surface area contributed by atoms with Crippen LogP contribution < -0.4 is 5.32 Å². The molecule has 0 saturated heterocycles. The lowest BCUT2D eigenvalue weighted by Gasteiger charge is -2.13. The maximum Gasteiger partial charge on any atom is 0.232 e. The monoisotopic (exact) mass is 323 g/mol. The van der Waals surface area contributed by atoms with E-state index in [4.69, 9.17) is 0 Å². The van der Waals surface area contributed by atoms with Crippen LogP contribution in [-0.2, 0) is 10.5 Å². The van der Waals surface area contributed by atoms with Gasteiger partial charge in [0.15, 0.2) is 0 Å². The van der Waals surface area contributed by atoms with Crippen molar-refractivity contribution in [3.63, 3.8) is 0 Å². The Kier molecular flexibility index (Phi) is 7.51. The first-order valence-corrected chi connectivity index (χ1v) is 9.90. The van der Waals surface area contributed by atoms with Crippen LogP contribution in [0.4, 0.5) is 0 Å². The number of hydrogen-bond donors (Lipinski definition) is 1. The van der Waals surface area contributed by atoms with Gasteiger partial charge in [0.1, 0.15) is 0 Å². The van der Waals surface area contributed by atoms with E-state index < -0.39 is 0 Å². The third-order valence-electron chi connectivity index (χ3n) is 3.77. The van der Waals surface area contributed by atoms with Gasteiger partial charge in [0.2, 0.25) is 5.91 Å². The number of thioether (sulfide) groups is 2. The minimum Gasteiger partial charge on any atom is -0.354 e. The lowest BCUT2D eigenvalue weighted by Crippen LogP contribution is -2.32. The van der Waals surface area contributed by atoms with E-state index >= 15 is 0 Å². The molecule has 1 aliphatic rings. The number of rotatable bonds is 8. The Labute approximate surface area is 136 Å². The van der Waals surface area contributed by atoms with Crippen molar-refractivity contribution in [2.45, 2.75) is 48.9 Å². The van der Waals surface area contributed by atoms with Gasteiger partial charge >= 0.3 is 0 Å². The standard InChI is InChI=1S/C17H25NOS2/c1-14(21-13-15-7-3-2-4-8-15)17(19)18-11-12-20-16-9-5-6-10-16/h2-4,7-8,14,16H,5-6,9-13H2,1H3,(H,18,19). The smallest absolute Gasteiger partial charge is 0.232 e. The molecular weight excluding hydrogens is 298 g/mol. The second kappa shape index (κ2) is 9.42. The Morgan fingerprint density at radius 2 is 2.00 bits per heavy atom. The molecule has 116 valence electrons. The highest BCUT2D eigenvalue weighted by atomic mass is 32.2. The van der Waals surface area contributed by atoms with E-state index in [1.54, 1.807) is 11.8 Å². The molecule has 0 bridgehead atoms. The fraction of sp³-hybridized carbons (Fsp3) is 0.588. The maximum atomic E-state index is 12.0. The minimum absolute atomic E-state index is 0.0155. The molecule has 21 heavy (non-hydrogen) atoms. The average Bonchev–Trinajstić information content (AvgIpc) is 3.03. The van der Waals surface area contributed by atoms with Crippen molar-refractivity contribution in [1.82, 2.24) is 5.32 Å². The molecule has 1 saturated carbocycles. The van der Waals surface area contributed by atoms with Crippen molar-refractivity contribution in [2.75, 3.05) is 12.3 Å². The first kappa shape index (κ1) is 16.8. The molecule has 0 spiro atoms. The zero-order valence-electron chi connectivity index (χ0n) is 12.7. The third-order valence-corrected chi connectivity index (χ3v) is 6.37. The Bertz CT molecular complexity index is 418. The number of benzene rings is 1. The normalized spacial score (nSPS) is 16.8. The van der Waals surface area contributed by atoms with Crippen LogP contribution >= 0.6 is 23.5 Å². The summed E-state index contributed by atoms with van der Waals surface area (Å²) in [5.74, 6) is 2.11. The predicted octanol–water partition coefficient (Wildman–Crippen LogP) is 4.10. The SMILES string of the molecule is CC(SCc1ccccc1)C(=O)NCCSC1CCCC1. The van der Waals surface area contributed by atoms with Crippen molar-refractivity contribution in [2.24, 2.45) is 0 Å². The molecule has 1 aliphatic carbocycles. The summed E-state index contributed by atoms with van der Waals surface area (Å²) in [7, 11) is 0. The van der Waals surface area contributed by atoms with Crippen molar-refractivity contribution in [3.05, 3.63) is 35.9 Å². The number of hydrogen-bond acceptors (Lipinski definition) is 3. The van der Waals surface area contributed by atoms with Gasteiger partial charge in [-0.25, -0.2) is 0 Å². The fourth-order valence-corrected chi connectivity index (χ4v) is 4.56. The highest BCUT2D eigenvalue weighted by molar-refractivity contribution is 8.00. The molecule has 0 radical (unpaired) electrons. The van der Waals surface area contributed by atoms with Crippen LogP contribution in [0.25, 0.3) is 0 Å². The number of amides is 1. The van der Waals surface area contributed by atoms with Crippen LogP contribution in [0, 0.1) is 0 Å². The van der Waals surface area contributed by atoms with E-state index in [0.717, 1.165) is 23.3 Å². The number of carbonyl (C=O) groups excluding carboxylic acids is 1. The summed E-state index contributed by atoms with van der Waals surface area (Å²) in [6, 6.07) is 10.3. The average molecular weight is 324 g/mol. The van der Waals surface area contributed by atoms with Crippen LogP contribution in [-0.4, -0.2) is 28.7 Å². The Balaban J connectivity index is 1.56. The van der Waals surface area contributed by atoms with E-state index in [-0.39, 0.29) is 11.2 Å². The molecule has 1 aromatic rings. The van der Waals surface area contributed by atoms with Gasteiger partial charge in [-0.3, -0.25) is 4.79 Å². The second-order valence-corrected chi connectivity index (χ2v) is 8.24. The molecule has 1 amide bonds. The maximum absolute atomic E-state index is 12.0. The Morgan fingerprint density at radius 1 is 1.29 bits per heavy atom. The minimum atomic E-state index is 0.0155. The summed E-state index contributed by atoms with van der Waals surface area (Å²) in [5.41, 5.74) is 1.28. The molecule has 2 rings (SSSR count). The van der Waals surface area contributed by atoms with Gasteiger partial charge in [-0.1, -0.05) is 43.2 Å². The molecule has 0 aromatic heterocycles. The van der Waals surface area contributed by atoms with Gasteiger partial charge < -0.3 is 5.32 Å². The lowest BCUT2D eigenvalue weighted by atomic mass is 10.2. The predicted molar refractivity (Wildman–Crippen MR) is 94.9 cm³/mol. The molecule has 1 atom stereocenters. The third kappa shape index (κ3) is 6.35. The summed E-state index contributed by atoms with van der Waals surface area (Å²) < 4.78 is 0. The highest BCUT2D eigenvalue weighted by Gasteiger charge is 2.16. The zero-order valence-corrected chi connectivity index (χ0v) is 14.3. The zero-order chi connectivity index (χ0) is 14.9. The fourth-order valence-electron chi connectivity index (χ4n) is 2.47. The van der Waals surface area contributed by atoms with Crippen molar-refractivity contribution < 1.29 is 4.79 Å². The number of carbonyl (C=O) groups is 1. The summed E-state index contributed by atoms with van der Waals surface area (Å²) in [4.78, 5) is 12.0. The van der Waals surface area contributed by atoms with E-state index in [1.807, 2.05) is 36.9 Å². The highest BCUT2D eigenvalue weighted by Crippen LogP contribution is 2.28. The molecule has 2 nitrogen and oxygen atoms in total. The Morgan fingerprint density at radius 3 is 2.71 bits per heavy atom. The van der Waals surface area contributed by atoms with Crippen LogP contribution in [0.1, 0.15) is 38.2 Å². The van der Waals surface area contributed by atoms with E-state index in [0.29, 0.717) is 0 Å². The summed E-state index contributed by atoms with van der Waals surface area (Å²) in [5, 5.41) is 3.92. The molecule has 4 heteroatoms. The van der Waals surface area contributed by atoms with E-state index in [1.165, 1.54) is 31.2 Å². The van der Waals surface area contributed by atoms with Gasteiger partial charge in [-0.15, -0.1) is 11.8 Å². The molecule has 0 aliphatic heterocycles. The first-order chi connectivity index (χ1) is 10.3. The number of nitrogens with one attached hydrogen (secondary N) is 1. The van der Waals surface area contributed by atoms with Crippen LogP contribution in [0.15, 0.2) is 30.3 Å². The molecule has 1 aromatic carbocycles. The largest absolute Gasteiger partial charge is 0.354 e. The molecule has 0 heterocycles. The van der Waals surface area contributed by atoms with Gasteiger partial charge in [-0.2, -0.15) is 11.8 Å². The topological polar surface area (TPSA) is 29.1 Å². The van der Waals surface area contributed by atoms with Crippen molar-refractivity contribution in [1.29, 1.82) is 0 Å². The summed E-state index contributed by atoms with van der Waals surface area (Å²) in [6.45, 7) is 2.79. The van der Waals surface area contributed by atoms with Gasteiger partial charge in [0, 0.05) is 23.3 Å². The van der Waals surface area contributed by atoms with Crippen LogP contribution in [0.5, 0.6) is 0 Å². The Hall–Kier alpha value is -0.610. The first-order valence-electron chi connectivity index (χ1n) is 7.80. The quantitative estimate of drug-likeness (QED) is 0.730. The lowest BCUT2D eigenvalue weighted by molar-refractivity contribution is -0.120. The molecular formula is C17H25NOS2.